The minimum Gasteiger partial charge on any atom is -0.406 e. The molecule has 4 aliphatic rings. The fourth-order valence-corrected chi connectivity index (χ4v) is 6.34. The Morgan fingerprint density at radius 3 is 2.54 bits per heavy atom. The number of carbonyl (C=O) groups excluding carboxylic acids is 1. The van der Waals surface area contributed by atoms with Gasteiger partial charge in [0.15, 0.2) is 0 Å². The molecule has 1 aromatic heterocycles. The van der Waals surface area contributed by atoms with E-state index < -0.39 is 24.3 Å². The molecule has 3 aliphatic heterocycles. The number of alkyl halides is 6. The zero-order valence-corrected chi connectivity index (χ0v) is 25.4. The van der Waals surface area contributed by atoms with Crippen LogP contribution in [0.2, 0.25) is 0 Å². The number of ether oxygens (including phenoxy) is 4. The van der Waals surface area contributed by atoms with Crippen LogP contribution in [0.5, 0.6) is 0 Å². The number of hydrogen-bond donors (Lipinski definition) is 2. The molecule has 5 atom stereocenters. The molecule has 1 unspecified atom stereocenters. The third-order valence-electron chi connectivity index (χ3n) is 8.74. The molecule has 46 heavy (non-hydrogen) atoms. The Morgan fingerprint density at radius 1 is 1.09 bits per heavy atom. The Hall–Kier alpha value is -2.95. The average Bonchev–Trinajstić information content (AvgIpc) is 3.03. The third-order valence-corrected chi connectivity index (χ3v) is 8.74. The second-order valence-corrected chi connectivity index (χ2v) is 12.0. The number of methoxy groups -OCH3 is 1. The standard InChI is InChI=1S/C30H39F6N5O5/c1-43-25-17-44-14-11-22(25)38-19-9-12-41(13-10-19)27(42)23-15-26(40-28(39-23)29(31,32)33)37-16-21-3-2-4-24(45-21)18-5-7-20(8-6-18)46-30(34,35)36/h5,7-8,15,18-19,21-22,24-25,38H,2-4,6,9-14,16-17H2,1H3,(H,37,39,40)/t18?,21-,22-,24+,25+/m1/s1. The summed E-state index contributed by atoms with van der Waals surface area (Å²) >= 11 is 0. The van der Waals surface area contributed by atoms with E-state index in [1.807, 2.05) is 0 Å². The van der Waals surface area contributed by atoms with Crippen molar-refractivity contribution < 1.29 is 50.1 Å². The lowest BCUT2D eigenvalue weighted by Gasteiger charge is -2.38. The first-order chi connectivity index (χ1) is 21.9. The van der Waals surface area contributed by atoms with Crippen LogP contribution in [0.1, 0.15) is 61.3 Å². The van der Waals surface area contributed by atoms with Gasteiger partial charge < -0.3 is 34.5 Å². The maximum absolute atomic E-state index is 13.7. The predicted octanol–water partition coefficient (Wildman–Crippen LogP) is 4.84. The summed E-state index contributed by atoms with van der Waals surface area (Å²) in [4.78, 5) is 22.0. The van der Waals surface area contributed by atoms with Crippen LogP contribution in [0.3, 0.4) is 0 Å². The van der Waals surface area contributed by atoms with Gasteiger partial charge in [-0.15, -0.1) is 13.2 Å². The lowest BCUT2D eigenvalue weighted by molar-refractivity contribution is -0.303. The summed E-state index contributed by atoms with van der Waals surface area (Å²) in [7, 11) is 1.64. The van der Waals surface area contributed by atoms with E-state index in [2.05, 4.69) is 25.3 Å². The summed E-state index contributed by atoms with van der Waals surface area (Å²) in [6.07, 6.45) is -1.66. The van der Waals surface area contributed by atoms with Crippen molar-refractivity contribution in [1.82, 2.24) is 20.2 Å². The van der Waals surface area contributed by atoms with Crippen molar-refractivity contribution in [3.05, 3.63) is 41.6 Å². The van der Waals surface area contributed by atoms with Gasteiger partial charge in [-0.3, -0.25) is 4.79 Å². The van der Waals surface area contributed by atoms with Gasteiger partial charge in [-0.2, -0.15) is 13.2 Å². The number of halogens is 6. The van der Waals surface area contributed by atoms with Crippen LogP contribution in [-0.2, 0) is 25.1 Å². The molecule has 5 rings (SSSR count). The van der Waals surface area contributed by atoms with E-state index in [1.54, 1.807) is 13.2 Å². The molecule has 4 heterocycles. The Morgan fingerprint density at radius 2 is 1.87 bits per heavy atom. The first-order valence-corrected chi connectivity index (χ1v) is 15.5. The smallest absolute Gasteiger partial charge is 0.406 e. The molecule has 16 heteroatoms. The van der Waals surface area contributed by atoms with Gasteiger partial charge in [-0.25, -0.2) is 9.97 Å². The molecule has 1 aromatic rings. The number of piperidine rings is 1. The Balaban J connectivity index is 1.17. The lowest BCUT2D eigenvalue weighted by atomic mass is 9.88. The molecule has 0 aromatic carbocycles. The third kappa shape index (κ3) is 9.32. The molecule has 0 saturated carbocycles. The highest BCUT2D eigenvalue weighted by molar-refractivity contribution is 5.93. The van der Waals surface area contributed by atoms with Crippen LogP contribution in [0.4, 0.5) is 32.2 Å². The van der Waals surface area contributed by atoms with E-state index in [0.717, 1.165) is 12.8 Å². The van der Waals surface area contributed by atoms with Crippen molar-refractivity contribution in [2.24, 2.45) is 5.92 Å². The van der Waals surface area contributed by atoms with Gasteiger partial charge in [-0.1, -0.05) is 6.08 Å². The number of amides is 1. The highest BCUT2D eigenvalue weighted by atomic mass is 19.4. The molecule has 2 N–H and O–H groups in total. The molecule has 1 amide bonds. The van der Waals surface area contributed by atoms with E-state index in [0.29, 0.717) is 58.4 Å². The van der Waals surface area contributed by atoms with Gasteiger partial charge in [0, 0.05) is 57.4 Å². The Bertz CT molecular complexity index is 1250. The first kappa shape index (κ1) is 34.4. The normalized spacial score (nSPS) is 28.1. The first-order valence-electron chi connectivity index (χ1n) is 15.5. The fraction of sp³-hybridized carbons (Fsp3) is 0.700. The minimum atomic E-state index is -4.87. The van der Waals surface area contributed by atoms with Crippen molar-refractivity contribution in [2.45, 2.75) is 87.9 Å². The zero-order chi connectivity index (χ0) is 32.9. The van der Waals surface area contributed by atoms with Crippen LogP contribution in [0.25, 0.3) is 0 Å². The molecule has 10 nitrogen and oxygen atoms in total. The van der Waals surface area contributed by atoms with E-state index in [1.165, 1.54) is 23.1 Å². The molecule has 0 spiro atoms. The van der Waals surface area contributed by atoms with Gasteiger partial charge in [0.1, 0.15) is 17.3 Å². The summed E-state index contributed by atoms with van der Waals surface area (Å²) in [6.45, 7) is 1.98. The summed E-state index contributed by atoms with van der Waals surface area (Å²) in [5.41, 5.74) is -0.349. The number of nitrogens with one attached hydrogen (secondary N) is 2. The Kier molecular flexibility index (Phi) is 11.1. The van der Waals surface area contributed by atoms with Crippen molar-refractivity contribution >= 4 is 11.7 Å². The lowest BCUT2D eigenvalue weighted by Crippen LogP contribution is -2.54. The number of rotatable bonds is 9. The largest absolute Gasteiger partial charge is 0.573 e. The number of nitrogens with zero attached hydrogens (tertiary/aromatic N) is 3. The number of carbonyl (C=O) groups is 1. The summed E-state index contributed by atoms with van der Waals surface area (Å²) in [6, 6.07) is 1.48. The highest BCUT2D eigenvalue weighted by Crippen LogP contribution is 2.33. The fourth-order valence-electron chi connectivity index (χ4n) is 6.34. The predicted molar refractivity (Wildman–Crippen MR) is 153 cm³/mol. The number of allylic oxidation sites excluding steroid dienone is 2. The maximum Gasteiger partial charge on any atom is 0.573 e. The van der Waals surface area contributed by atoms with Gasteiger partial charge in [0.25, 0.3) is 5.91 Å². The summed E-state index contributed by atoms with van der Waals surface area (Å²) < 4.78 is 99.8. The second kappa shape index (κ2) is 14.9. The van der Waals surface area contributed by atoms with Crippen LogP contribution in [-0.4, -0.2) is 97.5 Å². The summed E-state index contributed by atoms with van der Waals surface area (Å²) in [5, 5.41) is 6.48. The van der Waals surface area contributed by atoms with Gasteiger partial charge in [0.05, 0.1) is 24.9 Å². The molecule has 3 saturated heterocycles. The molecule has 3 fully saturated rings. The zero-order valence-electron chi connectivity index (χ0n) is 25.4. The quantitative estimate of drug-likeness (QED) is 0.359. The van der Waals surface area contributed by atoms with Crippen molar-refractivity contribution in [3.8, 4) is 0 Å². The van der Waals surface area contributed by atoms with E-state index in [4.69, 9.17) is 14.2 Å². The molecule has 0 radical (unpaired) electrons. The maximum atomic E-state index is 13.7. The molecular weight excluding hydrogens is 624 g/mol. The number of anilines is 1. The number of aromatic nitrogens is 2. The van der Waals surface area contributed by atoms with E-state index in [-0.39, 0.29) is 60.1 Å². The Labute approximate surface area is 262 Å². The molecular formula is C30H39F6N5O5. The second-order valence-electron chi connectivity index (χ2n) is 12.0. The van der Waals surface area contributed by atoms with Crippen molar-refractivity contribution in [3.63, 3.8) is 0 Å². The SMILES string of the molecule is CO[C@H]1COCC[C@H]1NC1CCN(C(=O)c2cc(NC[C@H]3CCC[C@@H](C4C=CC(OC(F)(F)F)=CC4)O3)nc(C(F)(F)F)n2)CC1. The van der Waals surface area contributed by atoms with Crippen molar-refractivity contribution in [1.29, 1.82) is 0 Å². The molecule has 0 bridgehead atoms. The van der Waals surface area contributed by atoms with E-state index >= 15 is 0 Å². The van der Waals surface area contributed by atoms with Gasteiger partial charge in [0.2, 0.25) is 5.82 Å². The van der Waals surface area contributed by atoms with Crippen LogP contribution < -0.4 is 10.6 Å². The number of likely N-dealkylation sites (tertiary alicyclic amines) is 1. The van der Waals surface area contributed by atoms with Crippen molar-refractivity contribution in [2.75, 3.05) is 45.3 Å². The van der Waals surface area contributed by atoms with Gasteiger partial charge >= 0.3 is 12.5 Å². The molecule has 256 valence electrons. The summed E-state index contributed by atoms with van der Waals surface area (Å²) in [5.74, 6) is -2.60. The van der Waals surface area contributed by atoms with E-state index in [9.17, 15) is 31.1 Å². The topological polar surface area (TPSA) is 107 Å². The van der Waals surface area contributed by atoms with Crippen LogP contribution in [0.15, 0.2) is 30.1 Å². The van der Waals surface area contributed by atoms with Crippen LogP contribution in [0, 0.1) is 5.92 Å². The highest BCUT2D eigenvalue weighted by Gasteiger charge is 2.38. The van der Waals surface area contributed by atoms with Crippen LogP contribution >= 0.6 is 0 Å². The monoisotopic (exact) mass is 663 g/mol. The minimum absolute atomic E-state index is 0.0674. The van der Waals surface area contributed by atoms with Gasteiger partial charge in [-0.05, 0) is 57.1 Å². The number of hydrogen-bond acceptors (Lipinski definition) is 9. The molecule has 1 aliphatic carbocycles. The average molecular weight is 664 g/mol.